The van der Waals surface area contributed by atoms with Crippen LogP contribution in [0, 0.1) is 0 Å². The summed E-state index contributed by atoms with van der Waals surface area (Å²) in [5, 5.41) is 6.69. The molecule has 0 bridgehead atoms. The fraction of sp³-hybridized carbons (Fsp3) is 0.286. The van der Waals surface area contributed by atoms with Gasteiger partial charge in [-0.3, -0.25) is 9.89 Å². The quantitative estimate of drug-likeness (QED) is 0.897. The Bertz CT molecular complexity index is 498. The van der Waals surface area contributed by atoms with Crippen LogP contribution >= 0.6 is 0 Å². The second-order valence-corrected chi connectivity index (χ2v) is 4.04. The minimum absolute atomic E-state index is 0.0822. The van der Waals surface area contributed by atoms with Crippen molar-refractivity contribution in [1.29, 1.82) is 0 Å². The third-order valence-corrected chi connectivity index (χ3v) is 3.01. The molecule has 0 atom stereocenters. The van der Waals surface area contributed by atoms with Gasteiger partial charge < -0.3 is 4.90 Å². The molecule has 0 aliphatic heterocycles. The van der Waals surface area contributed by atoms with Crippen LogP contribution in [0.2, 0.25) is 0 Å². The molecule has 2 aromatic rings. The van der Waals surface area contributed by atoms with Gasteiger partial charge in [0.2, 0.25) is 0 Å². The van der Waals surface area contributed by atoms with Gasteiger partial charge in [0, 0.05) is 30.4 Å². The predicted octanol–water partition coefficient (Wildman–Crippen LogP) is 2.56. The summed E-state index contributed by atoms with van der Waals surface area (Å²) in [5.41, 5.74) is 2.81. The molecule has 0 aliphatic carbocycles. The van der Waals surface area contributed by atoms with Crippen molar-refractivity contribution in [1.82, 2.24) is 15.1 Å². The molecule has 0 fully saturated rings. The molecule has 0 saturated heterocycles. The van der Waals surface area contributed by atoms with Crippen molar-refractivity contribution < 1.29 is 4.79 Å². The number of aromatic amines is 1. The van der Waals surface area contributed by atoms with Crippen LogP contribution in [0.5, 0.6) is 0 Å². The van der Waals surface area contributed by atoms with Gasteiger partial charge in [-0.05, 0) is 31.5 Å². The summed E-state index contributed by atoms with van der Waals surface area (Å²) in [4.78, 5) is 13.9. The lowest BCUT2D eigenvalue weighted by molar-refractivity contribution is 0.0773. The summed E-state index contributed by atoms with van der Waals surface area (Å²) in [6, 6.07) is 7.62. The number of carbonyl (C=O) groups is 1. The smallest absolute Gasteiger partial charge is 0.253 e. The monoisotopic (exact) mass is 243 g/mol. The minimum Gasteiger partial charge on any atom is -0.339 e. The van der Waals surface area contributed by atoms with Gasteiger partial charge in [-0.15, -0.1) is 0 Å². The summed E-state index contributed by atoms with van der Waals surface area (Å²) in [6.45, 7) is 5.44. The van der Waals surface area contributed by atoms with Gasteiger partial charge in [-0.1, -0.05) is 12.1 Å². The van der Waals surface area contributed by atoms with E-state index in [1.165, 1.54) is 0 Å². The van der Waals surface area contributed by atoms with E-state index in [4.69, 9.17) is 0 Å². The molecule has 1 aromatic carbocycles. The number of aromatic nitrogens is 2. The first kappa shape index (κ1) is 12.4. The Kier molecular flexibility index (Phi) is 3.77. The van der Waals surface area contributed by atoms with Gasteiger partial charge in [-0.2, -0.15) is 5.10 Å². The molecule has 4 heteroatoms. The van der Waals surface area contributed by atoms with E-state index in [0.29, 0.717) is 0 Å². The van der Waals surface area contributed by atoms with E-state index in [0.717, 1.165) is 29.8 Å². The molecular weight excluding hydrogens is 226 g/mol. The number of rotatable bonds is 4. The molecule has 0 unspecified atom stereocenters. The summed E-state index contributed by atoms with van der Waals surface area (Å²) < 4.78 is 0. The number of carbonyl (C=O) groups excluding carboxylic acids is 1. The van der Waals surface area contributed by atoms with E-state index >= 15 is 0 Å². The SMILES string of the molecule is CCN(CC)C(=O)c1ccc(-c2cn[nH]c2)cc1. The van der Waals surface area contributed by atoms with E-state index in [1.807, 2.05) is 49.2 Å². The van der Waals surface area contributed by atoms with Crippen LogP contribution in [0.25, 0.3) is 11.1 Å². The van der Waals surface area contributed by atoms with Crippen molar-refractivity contribution >= 4 is 5.91 Å². The van der Waals surface area contributed by atoms with Crippen LogP contribution in [0.15, 0.2) is 36.7 Å². The topological polar surface area (TPSA) is 49.0 Å². The highest BCUT2D eigenvalue weighted by Gasteiger charge is 2.12. The molecular formula is C14H17N3O. The molecule has 0 saturated carbocycles. The molecule has 0 aliphatic rings. The zero-order valence-electron chi connectivity index (χ0n) is 10.7. The van der Waals surface area contributed by atoms with Crippen LogP contribution < -0.4 is 0 Å². The van der Waals surface area contributed by atoms with E-state index in [2.05, 4.69) is 10.2 Å². The maximum Gasteiger partial charge on any atom is 0.253 e. The minimum atomic E-state index is 0.0822. The highest BCUT2D eigenvalue weighted by atomic mass is 16.2. The molecule has 1 heterocycles. The highest BCUT2D eigenvalue weighted by Crippen LogP contribution is 2.18. The number of nitrogens with one attached hydrogen (secondary N) is 1. The molecule has 0 spiro atoms. The zero-order valence-corrected chi connectivity index (χ0v) is 10.7. The maximum atomic E-state index is 12.1. The lowest BCUT2D eigenvalue weighted by Crippen LogP contribution is -2.30. The molecule has 2 rings (SSSR count). The molecule has 1 aromatic heterocycles. The average Bonchev–Trinajstić information content (AvgIpc) is 2.94. The van der Waals surface area contributed by atoms with Gasteiger partial charge in [0.25, 0.3) is 5.91 Å². The summed E-state index contributed by atoms with van der Waals surface area (Å²) >= 11 is 0. The molecule has 18 heavy (non-hydrogen) atoms. The van der Waals surface area contributed by atoms with Crippen molar-refractivity contribution in [3.05, 3.63) is 42.2 Å². The van der Waals surface area contributed by atoms with Gasteiger partial charge in [0.05, 0.1) is 6.20 Å². The normalized spacial score (nSPS) is 10.3. The number of amides is 1. The Labute approximate surface area is 107 Å². The fourth-order valence-corrected chi connectivity index (χ4v) is 1.91. The number of hydrogen-bond donors (Lipinski definition) is 1. The van der Waals surface area contributed by atoms with Crippen LogP contribution in [0.4, 0.5) is 0 Å². The number of nitrogens with zero attached hydrogens (tertiary/aromatic N) is 2. The van der Waals surface area contributed by atoms with Crippen LogP contribution in [0.3, 0.4) is 0 Å². The standard InChI is InChI=1S/C14H17N3O/c1-3-17(4-2)14(18)12-7-5-11(6-8-12)13-9-15-16-10-13/h5-10H,3-4H2,1-2H3,(H,15,16). The third-order valence-electron chi connectivity index (χ3n) is 3.01. The van der Waals surface area contributed by atoms with Crippen molar-refractivity contribution in [2.45, 2.75) is 13.8 Å². The fourth-order valence-electron chi connectivity index (χ4n) is 1.91. The number of H-pyrrole nitrogens is 1. The van der Waals surface area contributed by atoms with Gasteiger partial charge in [0.15, 0.2) is 0 Å². The summed E-state index contributed by atoms with van der Waals surface area (Å²) in [6.07, 6.45) is 3.60. The summed E-state index contributed by atoms with van der Waals surface area (Å²) in [7, 11) is 0. The molecule has 94 valence electrons. The van der Waals surface area contributed by atoms with Crippen molar-refractivity contribution in [3.63, 3.8) is 0 Å². The lowest BCUT2D eigenvalue weighted by Gasteiger charge is -2.18. The third kappa shape index (κ3) is 2.42. The lowest BCUT2D eigenvalue weighted by atomic mass is 10.1. The van der Waals surface area contributed by atoms with Gasteiger partial charge in [-0.25, -0.2) is 0 Å². The van der Waals surface area contributed by atoms with Crippen LogP contribution in [0.1, 0.15) is 24.2 Å². The Morgan fingerprint density at radius 2 is 1.83 bits per heavy atom. The van der Waals surface area contributed by atoms with Crippen molar-refractivity contribution in [2.75, 3.05) is 13.1 Å². The maximum absolute atomic E-state index is 12.1. The van der Waals surface area contributed by atoms with Crippen molar-refractivity contribution in [3.8, 4) is 11.1 Å². The van der Waals surface area contributed by atoms with E-state index < -0.39 is 0 Å². The van der Waals surface area contributed by atoms with E-state index in [-0.39, 0.29) is 5.91 Å². The van der Waals surface area contributed by atoms with E-state index in [1.54, 1.807) is 6.20 Å². The molecule has 4 nitrogen and oxygen atoms in total. The predicted molar refractivity (Wildman–Crippen MR) is 71.3 cm³/mol. The largest absolute Gasteiger partial charge is 0.339 e. The summed E-state index contributed by atoms with van der Waals surface area (Å²) in [5.74, 6) is 0.0822. The number of benzene rings is 1. The number of hydrogen-bond acceptors (Lipinski definition) is 2. The highest BCUT2D eigenvalue weighted by molar-refractivity contribution is 5.94. The molecule has 0 radical (unpaired) electrons. The Hall–Kier alpha value is -2.10. The van der Waals surface area contributed by atoms with Gasteiger partial charge in [0.1, 0.15) is 0 Å². The van der Waals surface area contributed by atoms with Crippen molar-refractivity contribution in [2.24, 2.45) is 0 Å². The molecule has 1 N–H and O–H groups in total. The Balaban J connectivity index is 2.20. The van der Waals surface area contributed by atoms with Gasteiger partial charge >= 0.3 is 0 Å². The molecule has 1 amide bonds. The first-order valence-electron chi connectivity index (χ1n) is 6.14. The second kappa shape index (κ2) is 5.49. The van der Waals surface area contributed by atoms with Crippen LogP contribution in [-0.2, 0) is 0 Å². The first-order chi connectivity index (χ1) is 8.76. The van der Waals surface area contributed by atoms with Crippen LogP contribution in [-0.4, -0.2) is 34.1 Å². The Morgan fingerprint density at radius 1 is 1.17 bits per heavy atom. The average molecular weight is 243 g/mol. The van der Waals surface area contributed by atoms with E-state index in [9.17, 15) is 4.79 Å². The second-order valence-electron chi connectivity index (χ2n) is 4.04. The first-order valence-corrected chi connectivity index (χ1v) is 6.14. The Morgan fingerprint density at radius 3 is 2.33 bits per heavy atom. The zero-order chi connectivity index (χ0) is 13.0.